The molecule has 2 aliphatic heterocycles. The van der Waals surface area contributed by atoms with E-state index in [0.29, 0.717) is 17.9 Å². The van der Waals surface area contributed by atoms with Gasteiger partial charge in [-0.1, -0.05) is 20.3 Å². The standard InChI is InChI=1S/C19H31N3O/c1-15(2)18(22-11-5-6-12-22)19(23)20-14-16-8-7-13-21-10-4-3-9-17(16)21/h5-6,11-12,15-18H,3-4,7-10,13-14H2,1-2H3,(H,20,23). The van der Waals surface area contributed by atoms with Gasteiger partial charge in [-0.2, -0.15) is 0 Å². The molecule has 3 rings (SSSR count). The van der Waals surface area contributed by atoms with Crippen LogP contribution in [0.15, 0.2) is 24.5 Å². The molecule has 1 aromatic rings. The average molecular weight is 317 g/mol. The molecule has 0 bridgehead atoms. The summed E-state index contributed by atoms with van der Waals surface area (Å²) in [4.78, 5) is 15.4. The van der Waals surface area contributed by atoms with E-state index < -0.39 is 0 Å². The van der Waals surface area contributed by atoms with Gasteiger partial charge in [0.2, 0.25) is 5.91 Å². The Bertz CT molecular complexity index is 495. The van der Waals surface area contributed by atoms with Gasteiger partial charge in [-0.15, -0.1) is 0 Å². The highest BCUT2D eigenvalue weighted by atomic mass is 16.2. The van der Waals surface area contributed by atoms with Crippen LogP contribution in [-0.2, 0) is 4.79 Å². The van der Waals surface area contributed by atoms with Gasteiger partial charge in [0.25, 0.3) is 0 Å². The SMILES string of the molecule is CC(C)C(C(=O)NCC1CCCN2CCCCC12)n1cccc1. The molecular formula is C19H31N3O. The monoisotopic (exact) mass is 317 g/mol. The Labute approximate surface area is 140 Å². The molecule has 0 spiro atoms. The van der Waals surface area contributed by atoms with Gasteiger partial charge >= 0.3 is 0 Å². The van der Waals surface area contributed by atoms with E-state index >= 15 is 0 Å². The molecule has 2 fully saturated rings. The van der Waals surface area contributed by atoms with Crippen molar-refractivity contribution in [2.24, 2.45) is 11.8 Å². The number of nitrogens with one attached hydrogen (secondary N) is 1. The Kier molecular flexibility index (Phi) is 5.42. The number of fused-ring (bicyclic) bond motifs is 1. The maximum absolute atomic E-state index is 12.7. The zero-order valence-corrected chi connectivity index (χ0v) is 14.6. The topological polar surface area (TPSA) is 37.3 Å². The Hall–Kier alpha value is -1.29. The van der Waals surface area contributed by atoms with Gasteiger partial charge in [-0.05, 0) is 62.7 Å². The van der Waals surface area contributed by atoms with Crippen molar-refractivity contribution >= 4 is 5.91 Å². The van der Waals surface area contributed by atoms with Crippen LogP contribution in [0.2, 0.25) is 0 Å². The second kappa shape index (κ2) is 7.52. The van der Waals surface area contributed by atoms with Crippen molar-refractivity contribution < 1.29 is 4.79 Å². The van der Waals surface area contributed by atoms with Crippen molar-refractivity contribution in [3.63, 3.8) is 0 Å². The predicted octanol–water partition coefficient (Wildman–Crippen LogP) is 3.07. The number of hydrogen-bond donors (Lipinski definition) is 1. The van der Waals surface area contributed by atoms with E-state index in [0.717, 1.165) is 6.54 Å². The Morgan fingerprint density at radius 1 is 1.13 bits per heavy atom. The van der Waals surface area contributed by atoms with Crippen molar-refractivity contribution in [1.82, 2.24) is 14.8 Å². The largest absolute Gasteiger partial charge is 0.354 e. The molecule has 0 aromatic carbocycles. The Balaban J connectivity index is 1.59. The normalized spacial score (nSPS) is 26.7. The summed E-state index contributed by atoms with van der Waals surface area (Å²) in [5, 5.41) is 3.27. The van der Waals surface area contributed by atoms with Crippen molar-refractivity contribution in [1.29, 1.82) is 0 Å². The lowest BCUT2D eigenvalue weighted by atomic mass is 9.83. The lowest BCUT2D eigenvalue weighted by Gasteiger charge is -2.44. The summed E-state index contributed by atoms with van der Waals surface area (Å²) >= 11 is 0. The quantitative estimate of drug-likeness (QED) is 0.906. The van der Waals surface area contributed by atoms with Crippen LogP contribution in [0.5, 0.6) is 0 Å². The van der Waals surface area contributed by atoms with Gasteiger partial charge in [0, 0.05) is 25.0 Å². The fourth-order valence-electron chi connectivity index (χ4n) is 4.47. The summed E-state index contributed by atoms with van der Waals surface area (Å²) in [7, 11) is 0. The maximum Gasteiger partial charge on any atom is 0.243 e. The van der Waals surface area contributed by atoms with E-state index in [1.807, 2.05) is 29.1 Å². The maximum atomic E-state index is 12.7. The number of rotatable bonds is 5. The average Bonchev–Trinajstić information content (AvgIpc) is 3.06. The molecule has 3 heterocycles. The second-order valence-corrected chi connectivity index (χ2v) is 7.57. The second-order valence-electron chi connectivity index (χ2n) is 7.57. The summed E-state index contributed by atoms with van der Waals surface area (Å²) in [6, 6.07) is 4.57. The van der Waals surface area contributed by atoms with Crippen LogP contribution in [0.3, 0.4) is 0 Å². The Morgan fingerprint density at radius 2 is 1.87 bits per heavy atom. The van der Waals surface area contributed by atoms with Crippen LogP contribution in [0, 0.1) is 11.8 Å². The highest BCUT2D eigenvalue weighted by Gasteiger charge is 2.33. The van der Waals surface area contributed by atoms with E-state index in [2.05, 4.69) is 24.1 Å². The van der Waals surface area contributed by atoms with E-state index in [4.69, 9.17) is 0 Å². The highest BCUT2D eigenvalue weighted by molar-refractivity contribution is 5.80. The van der Waals surface area contributed by atoms with Gasteiger partial charge in [-0.25, -0.2) is 0 Å². The summed E-state index contributed by atoms with van der Waals surface area (Å²) in [5.74, 6) is 1.09. The number of nitrogens with zero attached hydrogens (tertiary/aromatic N) is 2. The van der Waals surface area contributed by atoms with Crippen molar-refractivity contribution in [2.75, 3.05) is 19.6 Å². The van der Waals surface area contributed by atoms with E-state index in [9.17, 15) is 4.79 Å². The first kappa shape index (κ1) is 16.6. The molecule has 2 aliphatic rings. The predicted molar refractivity (Wildman–Crippen MR) is 93.3 cm³/mol. The highest BCUT2D eigenvalue weighted by Crippen LogP contribution is 2.30. The van der Waals surface area contributed by atoms with Crippen LogP contribution >= 0.6 is 0 Å². The number of hydrogen-bond acceptors (Lipinski definition) is 2. The third-order valence-corrected chi connectivity index (χ3v) is 5.62. The minimum Gasteiger partial charge on any atom is -0.354 e. The molecule has 1 N–H and O–H groups in total. The molecule has 1 amide bonds. The fourth-order valence-corrected chi connectivity index (χ4v) is 4.47. The van der Waals surface area contributed by atoms with Gasteiger partial charge in [0.05, 0.1) is 0 Å². The molecule has 2 saturated heterocycles. The van der Waals surface area contributed by atoms with E-state index in [1.54, 1.807) is 0 Å². The summed E-state index contributed by atoms with van der Waals surface area (Å²) < 4.78 is 2.04. The van der Waals surface area contributed by atoms with Crippen molar-refractivity contribution in [3.05, 3.63) is 24.5 Å². The fraction of sp³-hybridized carbons (Fsp3) is 0.737. The summed E-state index contributed by atoms with van der Waals surface area (Å²) in [5.41, 5.74) is 0. The summed E-state index contributed by atoms with van der Waals surface area (Å²) in [6.45, 7) is 7.59. The van der Waals surface area contributed by atoms with Crippen LogP contribution in [0.25, 0.3) is 0 Å². The molecule has 3 unspecified atom stereocenters. The molecule has 1 aromatic heterocycles. The molecular weight excluding hydrogens is 286 g/mol. The first-order chi connectivity index (χ1) is 11.2. The number of aromatic nitrogens is 1. The van der Waals surface area contributed by atoms with Crippen LogP contribution in [0.1, 0.15) is 52.0 Å². The molecule has 4 nitrogen and oxygen atoms in total. The molecule has 4 heteroatoms. The summed E-state index contributed by atoms with van der Waals surface area (Å²) in [6.07, 6.45) is 10.5. The van der Waals surface area contributed by atoms with E-state index in [-0.39, 0.29) is 11.9 Å². The van der Waals surface area contributed by atoms with Gasteiger partial charge in [0.1, 0.15) is 6.04 Å². The Morgan fingerprint density at radius 3 is 2.61 bits per heavy atom. The molecule has 0 saturated carbocycles. The smallest absolute Gasteiger partial charge is 0.243 e. The number of piperidine rings is 2. The molecule has 23 heavy (non-hydrogen) atoms. The van der Waals surface area contributed by atoms with Crippen LogP contribution in [0.4, 0.5) is 0 Å². The number of amides is 1. The van der Waals surface area contributed by atoms with Crippen LogP contribution in [-0.4, -0.2) is 41.1 Å². The lowest BCUT2D eigenvalue weighted by Crippen LogP contribution is -2.51. The number of carbonyl (C=O) groups excluding carboxylic acids is 1. The van der Waals surface area contributed by atoms with Gasteiger partial charge in [-0.3, -0.25) is 4.79 Å². The third kappa shape index (κ3) is 3.79. The van der Waals surface area contributed by atoms with Gasteiger partial charge in [0.15, 0.2) is 0 Å². The van der Waals surface area contributed by atoms with Crippen LogP contribution < -0.4 is 5.32 Å². The molecule has 128 valence electrons. The third-order valence-electron chi connectivity index (χ3n) is 5.62. The molecule has 0 aliphatic carbocycles. The van der Waals surface area contributed by atoms with Crippen molar-refractivity contribution in [2.45, 2.75) is 58.0 Å². The van der Waals surface area contributed by atoms with Gasteiger partial charge < -0.3 is 14.8 Å². The zero-order chi connectivity index (χ0) is 16.2. The minimum absolute atomic E-state index is 0.101. The number of carbonyl (C=O) groups is 1. The van der Waals surface area contributed by atoms with Crippen molar-refractivity contribution in [3.8, 4) is 0 Å². The molecule has 3 atom stereocenters. The first-order valence-electron chi connectivity index (χ1n) is 9.31. The minimum atomic E-state index is -0.101. The lowest BCUT2D eigenvalue weighted by molar-refractivity contribution is -0.126. The molecule has 0 radical (unpaired) electrons. The first-order valence-corrected chi connectivity index (χ1v) is 9.31. The zero-order valence-electron chi connectivity index (χ0n) is 14.6. The van der Waals surface area contributed by atoms with E-state index in [1.165, 1.54) is 45.2 Å².